The van der Waals surface area contributed by atoms with Crippen molar-refractivity contribution in [1.29, 1.82) is 0 Å². The minimum Gasteiger partial charge on any atom is -0.381 e. The molecule has 2 amide bonds. The smallest absolute Gasteiger partial charge is 0.254 e. The minimum atomic E-state index is -3.68. The number of amides is 2. The van der Waals surface area contributed by atoms with Gasteiger partial charge in [-0.2, -0.15) is 0 Å². The van der Waals surface area contributed by atoms with Crippen LogP contribution in [0.1, 0.15) is 28.3 Å². The van der Waals surface area contributed by atoms with Crippen LogP contribution in [-0.4, -0.2) is 62.9 Å². The highest BCUT2D eigenvalue weighted by Crippen LogP contribution is 2.49. The molecule has 1 unspecified atom stereocenters. The van der Waals surface area contributed by atoms with Gasteiger partial charge in [0, 0.05) is 30.1 Å². The molecule has 35 heavy (non-hydrogen) atoms. The lowest BCUT2D eigenvalue weighted by Gasteiger charge is -2.47. The van der Waals surface area contributed by atoms with E-state index < -0.39 is 74.8 Å². The lowest BCUT2D eigenvalue weighted by Crippen LogP contribution is -2.62. The number of nitrogens with zero attached hydrogens (tertiary/aromatic N) is 1. The quantitative estimate of drug-likeness (QED) is 0.578. The fourth-order valence-electron chi connectivity index (χ4n) is 4.96. The van der Waals surface area contributed by atoms with Gasteiger partial charge < -0.3 is 15.4 Å². The van der Waals surface area contributed by atoms with E-state index in [2.05, 4.69) is 0 Å². The monoisotopic (exact) mass is 530 g/mol. The van der Waals surface area contributed by atoms with Crippen LogP contribution in [0, 0.1) is 17.6 Å². The van der Waals surface area contributed by atoms with E-state index in [4.69, 9.17) is 22.1 Å². The molecule has 0 spiro atoms. The summed E-state index contributed by atoms with van der Waals surface area (Å²) in [4.78, 5) is 27.4. The number of alkyl halides is 1. The number of nitrogens with two attached hydrogens (primary N) is 1. The molecular weight excluding hydrogens is 509 g/mol. The van der Waals surface area contributed by atoms with Gasteiger partial charge in [0.1, 0.15) is 23.3 Å². The number of benzene rings is 2. The second-order valence-corrected chi connectivity index (χ2v) is 11.3. The van der Waals surface area contributed by atoms with Crippen LogP contribution in [0.2, 0.25) is 5.02 Å². The van der Waals surface area contributed by atoms with Crippen molar-refractivity contribution >= 4 is 33.3 Å². The summed E-state index contributed by atoms with van der Waals surface area (Å²) in [6, 6.07) is 6.62. The van der Waals surface area contributed by atoms with Crippen LogP contribution in [0.5, 0.6) is 0 Å². The van der Waals surface area contributed by atoms with Gasteiger partial charge in [0.25, 0.3) is 5.91 Å². The van der Waals surface area contributed by atoms with Gasteiger partial charge >= 0.3 is 0 Å². The zero-order chi connectivity index (χ0) is 25.7. The molecule has 2 N–H and O–H groups in total. The molecule has 7 nitrogen and oxygen atoms in total. The summed E-state index contributed by atoms with van der Waals surface area (Å²) in [7, 11) is -3.68. The average molecular weight is 531 g/mol. The lowest BCUT2D eigenvalue weighted by molar-refractivity contribution is -0.134. The van der Waals surface area contributed by atoms with Gasteiger partial charge in [-0.3, -0.25) is 9.59 Å². The minimum absolute atomic E-state index is 0.0475. The maximum Gasteiger partial charge on any atom is 0.254 e. The number of carbonyl (C=O) groups is 2. The summed E-state index contributed by atoms with van der Waals surface area (Å²) >= 11 is 5.70. The molecular formula is C23H22ClF3N2O5S. The van der Waals surface area contributed by atoms with E-state index in [1.54, 1.807) is 0 Å². The molecule has 0 radical (unpaired) electrons. The summed E-state index contributed by atoms with van der Waals surface area (Å²) in [5.74, 6) is -5.69. The maximum atomic E-state index is 15.1. The van der Waals surface area contributed by atoms with Crippen LogP contribution in [0.4, 0.5) is 13.2 Å². The molecule has 0 aromatic heterocycles. The Morgan fingerprint density at radius 1 is 1.20 bits per heavy atom. The second kappa shape index (κ2) is 9.11. The highest BCUT2D eigenvalue weighted by molar-refractivity contribution is 7.90. The van der Waals surface area contributed by atoms with Gasteiger partial charge in [-0.25, -0.2) is 21.6 Å². The number of halogens is 4. The number of hydrogen-bond donors (Lipinski definition) is 1. The Hall–Kier alpha value is -2.63. The normalized spacial score (nSPS) is 23.7. The molecule has 0 bridgehead atoms. The predicted molar refractivity (Wildman–Crippen MR) is 120 cm³/mol. The number of carbonyl (C=O) groups excluding carboxylic acids is 2. The Bertz CT molecular complexity index is 1300. The van der Waals surface area contributed by atoms with Crippen LogP contribution in [0.3, 0.4) is 0 Å². The zero-order valence-electron chi connectivity index (χ0n) is 18.5. The zero-order valence-corrected chi connectivity index (χ0v) is 20.1. The first-order valence-corrected chi connectivity index (χ1v) is 12.9. The number of primary amides is 1. The standard InChI is InChI=1S/C23H22ClF3N2O5S/c1-35(32,33)15-4-2-3-12(5-15)21(30)29-9-14(25)8-23(29,22(28)31)20(13-10-34-11-13)16-6-19(27)17(24)7-18(16)26/h2-7,13-14,20H,8-11H2,1H3,(H2,28,31)/t14?,20-,23+/m1/s1. The SMILES string of the molecule is CS(=O)(=O)c1cccc(C(=O)N2CC(F)C[C@@]2(C(N)=O)[C@@H](c2cc(F)c(Cl)cc2F)C2COC2)c1. The van der Waals surface area contributed by atoms with Gasteiger partial charge in [-0.05, 0) is 35.9 Å². The molecule has 2 aliphatic rings. The van der Waals surface area contributed by atoms with Crippen molar-refractivity contribution < 1.29 is 35.9 Å². The molecule has 0 saturated carbocycles. The topological polar surface area (TPSA) is 107 Å². The van der Waals surface area contributed by atoms with Gasteiger partial charge in [-0.15, -0.1) is 0 Å². The molecule has 2 heterocycles. The third kappa shape index (κ3) is 4.41. The first-order chi connectivity index (χ1) is 16.4. The van der Waals surface area contributed by atoms with Gasteiger partial charge in [0.2, 0.25) is 5.91 Å². The van der Waals surface area contributed by atoms with E-state index in [1.807, 2.05) is 0 Å². The Labute approximate surface area is 204 Å². The number of hydrogen-bond acceptors (Lipinski definition) is 5. The average Bonchev–Trinajstić information content (AvgIpc) is 3.10. The maximum absolute atomic E-state index is 15.1. The summed E-state index contributed by atoms with van der Waals surface area (Å²) in [6.45, 7) is -0.454. The first kappa shape index (κ1) is 25.5. The molecule has 188 valence electrons. The number of rotatable bonds is 6. The lowest BCUT2D eigenvalue weighted by atomic mass is 9.68. The largest absolute Gasteiger partial charge is 0.381 e. The van der Waals surface area contributed by atoms with Crippen molar-refractivity contribution in [3.05, 3.63) is 64.2 Å². The van der Waals surface area contributed by atoms with Crippen molar-refractivity contribution in [3.8, 4) is 0 Å². The Balaban J connectivity index is 1.89. The summed E-state index contributed by atoms with van der Waals surface area (Å²) in [5, 5.41) is -0.483. The molecule has 2 saturated heterocycles. The number of ether oxygens (including phenoxy) is 1. The van der Waals surface area contributed by atoms with Crippen molar-refractivity contribution in [2.24, 2.45) is 11.7 Å². The van der Waals surface area contributed by atoms with E-state index in [9.17, 15) is 26.8 Å². The highest BCUT2D eigenvalue weighted by Gasteiger charge is 2.61. The van der Waals surface area contributed by atoms with Gasteiger partial charge in [-0.1, -0.05) is 17.7 Å². The number of likely N-dealkylation sites (tertiary alicyclic amines) is 1. The van der Waals surface area contributed by atoms with Crippen LogP contribution < -0.4 is 5.73 Å². The van der Waals surface area contributed by atoms with E-state index in [-0.39, 0.29) is 29.2 Å². The Morgan fingerprint density at radius 3 is 2.46 bits per heavy atom. The third-order valence-corrected chi connectivity index (χ3v) is 8.00. The van der Waals surface area contributed by atoms with Crippen molar-refractivity contribution in [2.75, 3.05) is 26.0 Å². The van der Waals surface area contributed by atoms with E-state index in [0.29, 0.717) is 0 Å². The Morgan fingerprint density at radius 2 is 1.89 bits per heavy atom. The van der Waals surface area contributed by atoms with Crippen LogP contribution in [0.25, 0.3) is 0 Å². The van der Waals surface area contributed by atoms with Crippen LogP contribution in [0.15, 0.2) is 41.3 Å². The molecule has 2 aliphatic heterocycles. The van der Waals surface area contributed by atoms with Gasteiger partial charge in [0.05, 0.1) is 29.7 Å². The van der Waals surface area contributed by atoms with Crippen molar-refractivity contribution in [2.45, 2.75) is 28.9 Å². The van der Waals surface area contributed by atoms with E-state index in [1.165, 1.54) is 18.2 Å². The molecule has 0 aliphatic carbocycles. The van der Waals surface area contributed by atoms with Crippen LogP contribution >= 0.6 is 11.6 Å². The second-order valence-electron chi connectivity index (χ2n) is 8.87. The first-order valence-electron chi connectivity index (χ1n) is 10.6. The van der Waals surface area contributed by atoms with Crippen molar-refractivity contribution in [3.63, 3.8) is 0 Å². The van der Waals surface area contributed by atoms with Crippen molar-refractivity contribution in [1.82, 2.24) is 4.90 Å². The molecule has 12 heteroatoms. The molecule has 3 atom stereocenters. The van der Waals surface area contributed by atoms with E-state index in [0.717, 1.165) is 29.4 Å². The summed E-state index contributed by atoms with van der Waals surface area (Å²) in [6.07, 6.45) is -1.29. The predicted octanol–water partition coefficient (Wildman–Crippen LogP) is 2.86. The summed E-state index contributed by atoms with van der Waals surface area (Å²) in [5.41, 5.74) is 3.31. The Kier molecular flexibility index (Phi) is 6.62. The third-order valence-electron chi connectivity index (χ3n) is 6.60. The van der Waals surface area contributed by atoms with E-state index >= 15 is 4.39 Å². The van der Waals surface area contributed by atoms with Crippen LogP contribution in [-0.2, 0) is 19.4 Å². The summed E-state index contributed by atoms with van der Waals surface area (Å²) < 4.78 is 73.7. The molecule has 4 rings (SSSR count). The fraction of sp³-hybridized carbons (Fsp3) is 0.391. The molecule has 2 aromatic rings. The highest BCUT2D eigenvalue weighted by atomic mass is 35.5. The fourth-order valence-corrected chi connectivity index (χ4v) is 5.78. The number of sulfone groups is 1. The molecule has 2 aromatic carbocycles. The van der Waals surface area contributed by atoms with Gasteiger partial charge in [0.15, 0.2) is 9.84 Å². The molecule has 2 fully saturated rings.